The number of nitrogens with zero attached hydrogens (tertiary/aromatic N) is 1. The maximum Gasteiger partial charge on any atom is 0.135 e. The van der Waals surface area contributed by atoms with Crippen LogP contribution in [0.2, 0.25) is 0 Å². The van der Waals surface area contributed by atoms with Gasteiger partial charge in [-0.1, -0.05) is 6.07 Å². The van der Waals surface area contributed by atoms with Gasteiger partial charge in [0.15, 0.2) is 0 Å². The molecule has 1 aromatic rings. The summed E-state index contributed by atoms with van der Waals surface area (Å²) in [5, 5.41) is 0. The fraction of sp³-hybridized carbons (Fsp3) is 0.462. The lowest BCUT2D eigenvalue weighted by Crippen LogP contribution is -2.33. The van der Waals surface area contributed by atoms with E-state index in [0.717, 1.165) is 30.8 Å². The Kier molecular flexibility index (Phi) is 3.34. The van der Waals surface area contributed by atoms with Crippen LogP contribution in [0, 0.1) is 12.7 Å². The van der Waals surface area contributed by atoms with Crippen LogP contribution in [0.5, 0.6) is 0 Å². The van der Waals surface area contributed by atoms with E-state index in [4.69, 9.17) is 0 Å². The van der Waals surface area contributed by atoms with Gasteiger partial charge in [0.05, 0.1) is 0 Å². The maximum atomic E-state index is 13.1. The van der Waals surface area contributed by atoms with E-state index in [1.165, 1.54) is 6.07 Å². The van der Waals surface area contributed by atoms with Gasteiger partial charge in [0, 0.05) is 32.5 Å². The Morgan fingerprint density at radius 3 is 2.69 bits per heavy atom. The third-order valence-corrected chi connectivity index (χ3v) is 3.12. The van der Waals surface area contributed by atoms with Crippen molar-refractivity contribution in [1.29, 1.82) is 0 Å². The van der Waals surface area contributed by atoms with E-state index < -0.39 is 0 Å². The molecule has 0 aliphatic carbocycles. The van der Waals surface area contributed by atoms with Crippen molar-refractivity contribution in [3.63, 3.8) is 0 Å². The molecule has 0 bridgehead atoms. The quantitative estimate of drug-likeness (QED) is 0.763. The lowest BCUT2D eigenvalue weighted by molar-refractivity contribution is -0.121. The van der Waals surface area contributed by atoms with Crippen molar-refractivity contribution in [3.8, 4) is 0 Å². The molecular formula is C13H16FNO. The molecule has 1 fully saturated rings. The molecule has 86 valence electrons. The molecule has 16 heavy (non-hydrogen) atoms. The lowest BCUT2D eigenvalue weighted by atomic mass is 10.1. The summed E-state index contributed by atoms with van der Waals surface area (Å²) in [6, 6.07) is 4.88. The number of likely N-dealkylation sites (tertiary alicyclic amines) is 1. The minimum absolute atomic E-state index is 0.186. The average molecular weight is 221 g/mol. The fourth-order valence-electron chi connectivity index (χ4n) is 2.01. The standard InChI is InChI=1S/C13H16FNO/c1-10-2-3-12(14)8-11(10)9-15-6-4-13(16)5-7-15/h2-3,8H,4-7,9H2,1H3. The van der Waals surface area contributed by atoms with E-state index in [1.807, 2.05) is 6.92 Å². The van der Waals surface area contributed by atoms with Crippen LogP contribution in [-0.2, 0) is 11.3 Å². The number of carbonyl (C=O) groups excluding carboxylic acids is 1. The van der Waals surface area contributed by atoms with Crippen molar-refractivity contribution < 1.29 is 9.18 Å². The molecule has 2 rings (SSSR count). The van der Waals surface area contributed by atoms with Crippen LogP contribution in [0.4, 0.5) is 4.39 Å². The van der Waals surface area contributed by atoms with Gasteiger partial charge in [-0.05, 0) is 30.2 Å². The highest BCUT2D eigenvalue weighted by atomic mass is 19.1. The molecule has 2 nitrogen and oxygen atoms in total. The Morgan fingerprint density at radius 2 is 2.00 bits per heavy atom. The van der Waals surface area contributed by atoms with Crippen molar-refractivity contribution in [2.24, 2.45) is 0 Å². The number of benzene rings is 1. The van der Waals surface area contributed by atoms with Crippen LogP contribution in [0.15, 0.2) is 18.2 Å². The molecule has 1 aliphatic heterocycles. The lowest BCUT2D eigenvalue weighted by Gasteiger charge is -2.26. The Balaban J connectivity index is 2.03. The topological polar surface area (TPSA) is 20.3 Å². The molecular weight excluding hydrogens is 205 g/mol. The van der Waals surface area contributed by atoms with Gasteiger partial charge in [0.2, 0.25) is 0 Å². The number of rotatable bonds is 2. The number of halogens is 1. The molecule has 1 aromatic carbocycles. The molecule has 0 N–H and O–H groups in total. The van der Waals surface area contributed by atoms with Gasteiger partial charge >= 0.3 is 0 Å². The second-order valence-corrected chi connectivity index (χ2v) is 4.39. The first-order chi connectivity index (χ1) is 7.65. The van der Waals surface area contributed by atoms with E-state index in [2.05, 4.69) is 4.90 Å². The molecule has 1 heterocycles. The van der Waals surface area contributed by atoms with Gasteiger partial charge in [-0.25, -0.2) is 4.39 Å². The molecule has 0 radical (unpaired) electrons. The van der Waals surface area contributed by atoms with Gasteiger partial charge in [-0.15, -0.1) is 0 Å². The highest BCUT2D eigenvalue weighted by Gasteiger charge is 2.16. The first-order valence-electron chi connectivity index (χ1n) is 5.64. The zero-order valence-corrected chi connectivity index (χ0v) is 9.50. The highest BCUT2D eigenvalue weighted by molar-refractivity contribution is 5.79. The average Bonchev–Trinajstić information content (AvgIpc) is 2.27. The molecule has 0 atom stereocenters. The molecule has 0 saturated carbocycles. The second-order valence-electron chi connectivity index (χ2n) is 4.39. The van der Waals surface area contributed by atoms with Crippen molar-refractivity contribution in [2.75, 3.05) is 13.1 Å². The van der Waals surface area contributed by atoms with E-state index in [1.54, 1.807) is 12.1 Å². The highest BCUT2D eigenvalue weighted by Crippen LogP contribution is 2.15. The summed E-state index contributed by atoms with van der Waals surface area (Å²) in [7, 11) is 0. The summed E-state index contributed by atoms with van der Waals surface area (Å²) >= 11 is 0. The smallest absolute Gasteiger partial charge is 0.135 e. The molecule has 1 aliphatic rings. The van der Waals surface area contributed by atoms with Crippen LogP contribution in [0.3, 0.4) is 0 Å². The Labute approximate surface area is 95.1 Å². The van der Waals surface area contributed by atoms with Crippen LogP contribution < -0.4 is 0 Å². The minimum atomic E-state index is -0.186. The molecule has 0 aromatic heterocycles. The van der Waals surface area contributed by atoms with Gasteiger partial charge in [0.25, 0.3) is 0 Å². The number of Topliss-reactive ketones (excluding diaryl/α,β-unsaturated/α-hetero) is 1. The fourth-order valence-corrected chi connectivity index (χ4v) is 2.01. The Morgan fingerprint density at radius 1 is 1.31 bits per heavy atom. The van der Waals surface area contributed by atoms with Crippen LogP contribution in [-0.4, -0.2) is 23.8 Å². The zero-order chi connectivity index (χ0) is 11.5. The van der Waals surface area contributed by atoms with E-state index in [-0.39, 0.29) is 5.82 Å². The van der Waals surface area contributed by atoms with Crippen molar-refractivity contribution in [1.82, 2.24) is 4.90 Å². The second kappa shape index (κ2) is 4.74. The first kappa shape index (κ1) is 11.3. The van der Waals surface area contributed by atoms with E-state index >= 15 is 0 Å². The van der Waals surface area contributed by atoms with Gasteiger partial charge in [-0.3, -0.25) is 9.69 Å². The summed E-state index contributed by atoms with van der Waals surface area (Å²) in [4.78, 5) is 13.3. The molecule has 0 spiro atoms. The summed E-state index contributed by atoms with van der Waals surface area (Å²) < 4.78 is 13.1. The van der Waals surface area contributed by atoms with Gasteiger partial charge in [0.1, 0.15) is 11.6 Å². The summed E-state index contributed by atoms with van der Waals surface area (Å²) in [5.74, 6) is 0.154. The number of hydrogen-bond acceptors (Lipinski definition) is 2. The SMILES string of the molecule is Cc1ccc(F)cc1CN1CCC(=O)CC1. The summed E-state index contributed by atoms with van der Waals surface area (Å²) in [6.07, 6.45) is 1.27. The van der Waals surface area contributed by atoms with E-state index in [0.29, 0.717) is 18.6 Å². The normalized spacial score (nSPS) is 17.8. The largest absolute Gasteiger partial charge is 0.300 e. The zero-order valence-electron chi connectivity index (χ0n) is 9.50. The molecule has 0 unspecified atom stereocenters. The third kappa shape index (κ3) is 2.67. The number of aryl methyl sites for hydroxylation is 1. The Hall–Kier alpha value is -1.22. The van der Waals surface area contributed by atoms with Crippen molar-refractivity contribution in [2.45, 2.75) is 26.3 Å². The summed E-state index contributed by atoms with van der Waals surface area (Å²) in [6.45, 7) is 4.34. The van der Waals surface area contributed by atoms with Gasteiger partial charge < -0.3 is 0 Å². The maximum absolute atomic E-state index is 13.1. The molecule has 1 saturated heterocycles. The van der Waals surface area contributed by atoms with Crippen molar-refractivity contribution >= 4 is 5.78 Å². The van der Waals surface area contributed by atoms with Gasteiger partial charge in [-0.2, -0.15) is 0 Å². The molecule has 0 amide bonds. The number of carbonyl (C=O) groups is 1. The number of piperidine rings is 1. The number of ketones is 1. The van der Waals surface area contributed by atoms with Crippen LogP contribution >= 0.6 is 0 Å². The summed E-state index contributed by atoms with van der Waals surface area (Å²) in [5.41, 5.74) is 2.13. The number of hydrogen-bond donors (Lipinski definition) is 0. The van der Waals surface area contributed by atoms with E-state index in [9.17, 15) is 9.18 Å². The monoisotopic (exact) mass is 221 g/mol. The van der Waals surface area contributed by atoms with Crippen LogP contribution in [0.1, 0.15) is 24.0 Å². The predicted molar refractivity (Wildman–Crippen MR) is 60.7 cm³/mol. The molecule has 3 heteroatoms. The third-order valence-electron chi connectivity index (χ3n) is 3.12. The van der Waals surface area contributed by atoms with Crippen LogP contribution in [0.25, 0.3) is 0 Å². The predicted octanol–water partition coefficient (Wildman–Crippen LogP) is 2.30. The minimum Gasteiger partial charge on any atom is -0.300 e. The first-order valence-corrected chi connectivity index (χ1v) is 5.64. The Bertz CT molecular complexity index is 393. The van der Waals surface area contributed by atoms with Crippen molar-refractivity contribution in [3.05, 3.63) is 35.1 Å².